The van der Waals surface area contributed by atoms with Crippen LogP contribution in [0.1, 0.15) is 45.2 Å². The zero-order valence-electron chi connectivity index (χ0n) is 13.4. The van der Waals surface area contributed by atoms with Crippen LogP contribution in [0.15, 0.2) is 35.9 Å². The highest BCUT2D eigenvalue weighted by molar-refractivity contribution is 5.23. The average molecular weight is 272 g/mol. The van der Waals surface area contributed by atoms with Gasteiger partial charge in [-0.05, 0) is 45.2 Å². The minimum atomic E-state index is 0.177. The van der Waals surface area contributed by atoms with Crippen LogP contribution in [0.3, 0.4) is 0 Å². The maximum absolute atomic E-state index is 3.53. The van der Waals surface area contributed by atoms with Crippen molar-refractivity contribution >= 4 is 0 Å². The van der Waals surface area contributed by atoms with Gasteiger partial charge < -0.3 is 5.32 Å². The fraction of sp³-hybridized carbons (Fsp3) is 0.556. The fourth-order valence-corrected chi connectivity index (χ4v) is 2.34. The van der Waals surface area contributed by atoms with E-state index in [2.05, 4.69) is 68.3 Å². The van der Waals surface area contributed by atoms with Gasteiger partial charge in [-0.1, -0.05) is 35.9 Å². The summed E-state index contributed by atoms with van der Waals surface area (Å²) in [7, 11) is 0. The Morgan fingerprint density at radius 1 is 1.10 bits per heavy atom. The van der Waals surface area contributed by atoms with E-state index >= 15 is 0 Å². The van der Waals surface area contributed by atoms with Crippen LogP contribution in [0, 0.1) is 0 Å². The van der Waals surface area contributed by atoms with Crippen molar-refractivity contribution in [3.63, 3.8) is 0 Å². The molecule has 0 saturated heterocycles. The number of nitrogens with zero attached hydrogens (tertiary/aromatic N) is 1. The SMILES string of the molecule is CC1=CCN(Cc2ccc(CNC(C)(C)C)cc2)CC1. The Morgan fingerprint density at radius 3 is 2.30 bits per heavy atom. The first-order chi connectivity index (χ1) is 9.42. The molecule has 2 nitrogen and oxygen atoms in total. The molecule has 1 aliphatic rings. The second-order valence-electron chi connectivity index (χ2n) is 6.96. The molecule has 0 bridgehead atoms. The minimum absolute atomic E-state index is 0.177. The van der Waals surface area contributed by atoms with E-state index in [0.29, 0.717) is 0 Å². The molecule has 0 unspecified atom stereocenters. The number of hydrogen-bond donors (Lipinski definition) is 1. The zero-order chi connectivity index (χ0) is 14.6. The number of benzene rings is 1. The van der Waals surface area contributed by atoms with Gasteiger partial charge in [-0.15, -0.1) is 0 Å². The van der Waals surface area contributed by atoms with Crippen LogP contribution in [-0.4, -0.2) is 23.5 Å². The minimum Gasteiger partial charge on any atom is -0.308 e. The largest absolute Gasteiger partial charge is 0.308 e. The van der Waals surface area contributed by atoms with Crippen LogP contribution in [0.5, 0.6) is 0 Å². The summed E-state index contributed by atoms with van der Waals surface area (Å²) in [6.45, 7) is 13.1. The van der Waals surface area contributed by atoms with E-state index in [4.69, 9.17) is 0 Å². The smallest absolute Gasteiger partial charge is 0.0237 e. The molecule has 1 N–H and O–H groups in total. The Balaban J connectivity index is 1.85. The molecular formula is C18H28N2. The van der Waals surface area contributed by atoms with Crippen molar-refractivity contribution in [3.8, 4) is 0 Å². The molecule has 1 aromatic carbocycles. The normalized spacial score (nSPS) is 17.1. The molecule has 0 atom stereocenters. The van der Waals surface area contributed by atoms with Crippen LogP contribution in [0.2, 0.25) is 0 Å². The first kappa shape index (κ1) is 15.3. The van der Waals surface area contributed by atoms with Gasteiger partial charge in [0.15, 0.2) is 0 Å². The Hall–Kier alpha value is -1.12. The number of rotatable bonds is 4. The van der Waals surface area contributed by atoms with Crippen molar-refractivity contribution < 1.29 is 0 Å². The molecule has 1 aliphatic heterocycles. The summed E-state index contributed by atoms with van der Waals surface area (Å²) in [6, 6.07) is 9.04. The standard InChI is InChI=1S/C18H28N2/c1-15-9-11-20(12-10-15)14-17-7-5-16(6-8-17)13-19-18(2,3)4/h5-9,19H,10-14H2,1-4H3. The molecule has 1 aromatic rings. The van der Waals surface area contributed by atoms with Gasteiger partial charge in [0.25, 0.3) is 0 Å². The van der Waals surface area contributed by atoms with Crippen molar-refractivity contribution in [2.24, 2.45) is 0 Å². The Morgan fingerprint density at radius 2 is 1.75 bits per heavy atom. The highest BCUT2D eigenvalue weighted by Gasteiger charge is 2.10. The lowest BCUT2D eigenvalue weighted by molar-refractivity contribution is 0.286. The summed E-state index contributed by atoms with van der Waals surface area (Å²) in [4.78, 5) is 2.51. The third-order valence-electron chi connectivity index (χ3n) is 3.77. The van der Waals surface area contributed by atoms with E-state index in [1.165, 1.54) is 29.7 Å². The lowest BCUT2D eigenvalue weighted by Crippen LogP contribution is -2.35. The van der Waals surface area contributed by atoms with Crippen molar-refractivity contribution in [3.05, 3.63) is 47.0 Å². The molecule has 0 radical (unpaired) electrons. The van der Waals surface area contributed by atoms with Gasteiger partial charge >= 0.3 is 0 Å². The predicted molar refractivity (Wildman–Crippen MR) is 86.7 cm³/mol. The summed E-state index contributed by atoms with van der Waals surface area (Å²) in [5.74, 6) is 0. The Kier molecular flexibility index (Phi) is 5.00. The molecule has 20 heavy (non-hydrogen) atoms. The van der Waals surface area contributed by atoms with E-state index < -0.39 is 0 Å². The monoisotopic (exact) mass is 272 g/mol. The lowest BCUT2D eigenvalue weighted by atomic mass is 10.1. The molecular weight excluding hydrogens is 244 g/mol. The molecule has 0 aromatic heterocycles. The van der Waals surface area contributed by atoms with E-state index in [0.717, 1.165) is 19.6 Å². The summed E-state index contributed by atoms with van der Waals surface area (Å²) < 4.78 is 0. The number of hydrogen-bond acceptors (Lipinski definition) is 2. The van der Waals surface area contributed by atoms with E-state index in [-0.39, 0.29) is 5.54 Å². The maximum Gasteiger partial charge on any atom is 0.0237 e. The van der Waals surface area contributed by atoms with Gasteiger partial charge in [0.05, 0.1) is 0 Å². The molecule has 1 heterocycles. The summed E-state index contributed by atoms with van der Waals surface area (Å²) in [5.41, 5.74) is 4.48. The molecule has 0 aliphatic carbocycles. The number of nitrogens with one attached hydrogen (secondary N) is 1. The van der Waals surface area contributed by atoms with Crippen molar-refractivity contribution in [1.82, 2.24) is 10.2 Å². The summed E-state index contributed by atoms with van der Waals surface area (Å²) in [5, 5.41) is 3.53. The highest BCUT2D eigenvalue weighted by Crippen LogP contribution is 2.14. The highest BCUT2D eigenvalue weighted by atomic mass is 15.1. The first-order valence-corrected chi connectivity index (χ1v) is 7.63. The summed E-state index contributed by atoms with van der Waals surface area (Å²) >= 11 is 0. The Bertz CT molecular complexity index is 451. The fourth-order valence-electron chi connectivity index (χ4n) is 2.34. The van der Waals surface area contributed by atoms with E-state index in [9.17, 15) is 0 Å². The topological polar surface area (TPSA) is 15.3 Å². The maximum atomic E-state index is 3.53. The summed E-state index contributed by atoms with van der Waals surface area (Å²) in [6.07, 6.45) is 3.57. The second-order valence-corrected chi connectivity index (χ2v) is 6.96. The molecule has 110 valence electrons. The van der Waals surface area contributed by atoms with Crippen LogP contribution >= 0.6 is 0 Å². The quantitative estimate of drug-likeness (QED) is 0.840. The zero-order valence-corrected chi connectivity index (χ0v) is 13.4. The van der Waals surface area contributed by atoms with E-state index in [1.807, 2.05) is 0 Å². The van der Waals surface area contributed by atoms with Gasteiger partial charge in [-0.3, -0.25) is 4.90 Å². The van der Waals surface area contributed by atoms with Crippen LogP contribution in [0.4, 0.5) is 0 Å². The van der Waals surface area contributed by atoms with Gasteiger partial charge in [-0.2, -0.15) is 0 Å². The average Bonchev–Trinajstić information content (AvgIpc) is 2.40. The van der Waals surface area contributed by atoms with Crippen molar-refractivity contribution in [2.45, 2.75) is 52.7 Å². The van der Waals surface area contributed by atoms with Gasteiger partial charge in [0, 0.05) is 31.7 Å². The molecule has 0 saturated carbocycles. The molecule has 2 heteroatoms. The third kappa shape index (κ3) is 5.10. The van der Waals surface area contributed by atoms with E-state index in [1.54, 1.807) is 0 Å². The Labute approximate surface area is 123 Å². The van der Waals surface area contributed by atoms with Crippen LogP contribution in [-0.2, 0) is 13.1 Å². The van der Waals surface area contributed by atoms with Gasteiger partial charge in [-0.25, -0.2) is 0 Å². The molecule has 0 amide bonds. The first-order valence-electron chi connectivity index (χ1n) is 7.63. The molecule has 2 rings (SSSR count). The second kappa shape index (κ2) is 6.55. The van der Waals surface area contributed by atoms with Crippen molar-refractivity contribution in [1.29, 1.82) is 0 Å². The third-order valence-corrected chi connectivity index (χ3v) is 3.77. The van der Waals surface area contributed by atoms with Crippen LogP contribution < -0.4 is 5.32 Å². The van der Waals surface area contributed by atoms with Gasteiger partial charge in [0.2, 0.25) is 0 Å². The van der Waals surface area contributed by atoms with Crippen LogP contribution in [0.25, 0.3) is 0 Å². The van der Waals surface area contributed by atoms with Crippen molar-refractivity contribution in [2.75, 3.05) is 13.1 Å². The molecule has 0 spiro atoms. The lowest BCUT2D eigenvalue weighted by Gasteiger charge is -2.25. The predicted octanol–water partition coefficient (Wildman–Crippen LogP) is 3.73. The molecule has 0 fully saturated rings. The van der Waals surface area contributed by atoms with Gasteiger partial charge in [0.1, 0.15) is 0 Å².